The molecule has 19 heavy (non-hydrogen) atoms. The lowest BCUT2D eigenvalue weighted by molar-refractivity contribution is 0.423. The summed E-state index contributed by atoms with van der Waals surface area (Å²) in [5.41, 5.74) is 3.96. The maximum absolute atomic E-state index is 5.60. The van der Waals surface area contributed by atoms with Gasteiger partial charge < -0.3 is 9.72 Å². The van der Waals surface area contributed by atoms with Crippen LogP contribution in [0.1, 0.15) is 0 Å². The maximum Gasteiger partial charge on any atom is 0.153 e. The van der Waals surface area contributed by atoms with Gasteiger partial charge in [-0.2, -0.15) is 0 Å². The zero-order valence-electron chi connectivity index (χ0n) is 10.5. The molecule has 0 aliphatic carbocycles. The van der Waals surface area contributed by atoms with Crippen LogP contribution in [0, 0.1) is 0 Å². The fraction of sp³-hybridized carbons (Fsp3) is 0.0625. The smallest absolute Gasteiger partial charge is 0.153 e. The van der Waals surface area contributed by atoms with Gasteiger partial charge in [0.15, 0.2) is 5.75 Å². The molecule has 0 aliphatic heterocycles. The molecule has 0 aliphatic rings. The average molecular weight is 248 g/mol. The van der Waals surface area contributed by atoms with Gasteiger partial charge in [0.1, 0.15) is 11.0 Å². The van der Waals surface area contributed by atoms with E-state index in [0.717, 1.165) is 38.6 Å². The lowest BCUT2D eigenvalue weighted by Crippen LogP contribution is -1.89. The minimum atomic E-state index is 0.858. The molecule has 2 heterocycles. The second kappa shape index (κ2) is 3.72. The first-order chi connectivity index (χ1) is 9.38. The lowest BCUT2D eigenvalue weighted by atomic mass is 10.1. The van der Waals surface area contributed by atoms with E-state index in [2.05, 4.69) is 17.1 Å². The van der Waals surface area contributed by atoms with Crippen LogP contribution in [-0.4, -0.2) is 17.1 Å². The molecule has 0 bridgehead atoms. The van der Waals surface area contributed by atoms with Gasteiger partial charge in [-0.3, -0.25) is 0 Å². The van der Waals surface area contributed by atoms with E-state index in [1.165, 1.54) is 0 Å². The molecule has 2 aromatic carbocycles. The number of nitrogens with zero attached hydrogens (tertiary/aromatic N) is 1. The lowest BCUT2D eigenvalue weighted by Gasteiger charge is -2.06. The van der Waals surface area contributed by atoms with Crippen LogP contribution in [0.4, 0.5) is 0 Å². The number of nitrogens with one attached hydrogen (secondary N) is 1. The third kappa shape index (κ3) is 1.35. The number of para-hydroxylation sites is 2. The van der Waals surface area contributed by atoms with Crippen molar-refractivity contribution in [3.63, 3.8) is 0 Å². The molecule has 3 nitrogen and oxygen atoms in total. The van der Waals surface area contributed by atoms with E-state index in [-0.39, 0.29) is 0 Å². The molecular weight excluding hydrogens is 236 g/mol. The largest absolute Gasteiger partial charge is 0.494 e. The van der Waals surface area contributed by atoms with E-state index in [0.29, 0.717) is 0 Å². The van der Waals surface area contributed by atoms with Crippen LogP contribution < -0.4 is 4.74 Å². The van der Waals surface area contributed by atoms with Gasteiger partial charge in [-0.1, -0.05) is 30.3 Å². The number of aromatic amines is 1. The molecule has 0 spiro atoms. The van der Waals surface area contributed by atoms with Gasteiger partial charge in [0.2, 0.25) is 0 Å². The third-order valence-electron chi connectivity index (χ3n) is 3.49. The Morgan fingerprint density at radius 3 is 2.53 bits per heavy atom. The highest BCUT2D eigenvalue weighted by Gasteiger charge is 2.13. The van der Waals surface area contributed by atoms with E-state index >= 15 is 0 Å². The average Bonchev–Trinajstić information content (AvgIpc) is 2.83. The number of fused-ring (bicyclic) bond motifs is 4. The van der Waals surface area contributed by atoms with Crippen molar-refractivity contribution < 1.29 is 4.74 Å². The summed E-state index contributed by atoms with van der Waals surface area (Å²) in [5, 5.41) is 2.16. The zero-order chi connectivity index (χ0) is 12.8. The topological polar surface area (TPSA) is 37.9 Å². The number of benzene rings is 2. The van der Waals surface area contributed by atoms with Crippen LogP contribution in [-0.2, 0) is 0 Å². The van der Waals surface area contributed by atoms with Gasteiger partial charge >= 0.3 is 0 Å². The van der Waals surface area contributed by atoms with Crippen LogP contribution >= 0.6 is 0 Å². The van der Waals surface area contributed by atoms with Gasteiger partial charge in [0, 0.05) is 16.3 Å². The highest BCUT2D eigenvalue weighted by atomic mass is 16.5. The Hall–Kier alpha value is -2.55. The Balaban J connectivity index is 2.31. The first-order valence-electron chi connectivity index (χ1n) is 6.21. The number of rotatable bonds is 1. The summed E-state index contributed by atoms with van der Waals surface area (Å²) in [7, 11) is 1.70. The number of H-pyrrole nitrogens is 1. The standard InChI is InChI=1S/C16H12N2O/c1-19-16-11-7-3-5-9-13(11)17-14-10-6-2-4-8-12(10)18-15(14)16/h2-9,18H,1H3. The van der Waals surface area contributed by atoms with Crippen LogP contribution in [0.25, 0.3) is 32.8 Å². The normalized spacial score (nSPS) is 11.4. The predicted molar refractivity (Wildman–Crippen MR) is 77.7 cm³/mol. The molecule has 0 fully saturated rings. The molecule has 4 rings (SSSR count). The second-order valence-corrected chi connectivity index (χ2v) is 4.56. The first-order valence-corrected chi connectivity index (χ1v) is 6.21. The molecule has 0 unspecified atom stereocenters. The Kier molecular flexibility index (Phi) is 2.03. The number of aromatic nitrogens is 2. The van der Waals surface area contributed by atoms with Gasteiger partial charge in [-0.05, 0) is 18.2 Å². The number of hydrogen-bond donors (Lipinski definition) is 1. The molecule has 0 atom stereocenters. The van der Waals surface area contributed by atoms with Crippen molar-refractivity contribution in [3.8, 4) is 5.75 Å². The summed E-state index contributed by atoms with van der Waals surface area (Å²) in [6.07, 6.45) is 0. The van der Waals surface area contributed by atoms with Crippen LogP contribution in [0.5, 0.6) is 5.75 Å². The van der Waals surface area contributed by atoms with Crippen LogP contribution in [0.15, 0.2) is 48.5 Å². The highest BCUT2D eigenvalue weighted by molar-refractivity contribution is 6.11. The Labute approximate surface area is 109 Å². The minimum Gasteiger partial charge on any atom is -0.494 e. The molecule has 1 N–H and O–H groups in total. The van der Waals surface area contributed by atoms with Gasteiger partial charge in [0.05, 0.1) is 12.6 Å². The summed E-state index contributed by atoms with van der Waals surface area (Å²) < 4.78 is 5.60. The SMILES string of the molecule is COc1c2ccccc2nc2c1[nH]c1ccccc12. The highest BCUT2D eigenvalue weighted by Crippen LogP contribution is 2.35. The second-order valence-electron chi connectivity index (χ2n) is 4.56. The summed E-state index contributed by atoms with van der Waals surface area (Å²) in [6.45, 7) is 0. The zero-order valence-corrected chi connectivity index (χ0v) is 10.5. The molecule has 0 radical (unpaired) electrons. The molecule has 92 valence electrons. The number of hydrogen-bond acceptors (Lipinski definition) is 2. The summed E-state index contributed by atoms with van der Waals surface area (Å²) in [5.74, 6) is 0.858. The predicted octanol–water partition coefficient (Wildman–Crippen LogP) is 3.88. The van der Waals surface area contributed by atoms with E-state index in [9.17, 15) is 0 Å². The van der Waals surface area contributed by atoms with Crippen LogP contribution in [0.3, 0.4) is 0 Å². The number of methoxy groups -OCH3 is 1. The molecule has 0 saturated carbocycles. The Bertz CT molecular complexity index is 908. The fourth-order valence-electron chi connectivity index (χ4n) is 2.64. The number of ether oxygens (including phenoxy) is 1. The fourth-order valence-corrected chi connectivity index (χ4v) is 2.64. The van der Waals surface area contributed by atoms with Crippen molar-refractivity contribution in [1.82, 2.24) is 9.97 Å². The van der Waals surface area contributed by atoms with Crippen LogP contribution in [0.2, 0.25) is 0 Å². The van der Waals surface area contributed by atoms with E-state index < -0.39 is 0 Å². The Morgan fingerprint density at radius 1 is 0.947 bits per heavy atom. The van der Waals surface area contributed by atoms with Crippen molar-refractivity contribution in [1.29, 1.82) is 0 Å². The molecule has 4 aromatic rings. The van der Waals surface area contributed by atoms with E-state index in [1.807, 2.05) is 36.4 Å². The maximum atomic E-state index is 5.60. The van der Waals surface area contributed by atoms with Crippen molar-refractivity contribution in [2.75, 3.05) is 7.11 Å². The molecular formula is C16H12N2O. The minimum absolute atomic E-state index is 0.858. The van der Waals surface area contributed by atoms with Gasteiger partial charge in [0.25, 0.3) is 0 Å². The Morgan fingerprint density at radius 2 is 1.68 bits per heavy atom. The molecule has 3 heteroatoms. The van der Waals surface area contributed by atoms with Crippen molar-refractivity contribution >= 4 is 32.8 Å². The summed E-state index contributed by atoms with van der Waals surface area (Å²) in [6, 6.07) is 16.2. The summed E-state index contributed by atoms with van der Waals surface area (Å²) in [4.78, 5) is 8.17. The van der Waals surface area contributed by atoms with Crippen molar-refractivity contribution in [2.24, 2.45) is 0 Å². The monoisotopic (exact) mass is 248 g/mol. The quantitative estimate of drug-likeness (QED) is 0.555. The summed E-state index contributed by atoms with van der Waals surface area (Å²) >= 11 is 0. The number of pyridine rings is 1. The molecule has 0 saturated heterocycles. The molecule has 2 aromatic heterocycles. The molecule has 0 amide bonds. The van der Waals surface area contributed by atoms with Gasteiger partial charge in [-0.15, -0.1) is 0 Å². The van der Waals surface area contributed by atoms with Crippen molar-refractivity contribution in [3.05, 3.63) is 48.5 Å². The first kappa shape index (κ1) is 10.4. The van der Waals surface area contributed by atoms with E-state index in [1.54, 1.807) is 7.11 Å². The van der Waals surface area contributed by atoms with E-state index in [4.69, 9.17) is 9.72 Å². The van der Waals surface area contributed by atoms with Crippen molar-refractivity contribution in [2.45, 2.75) is 0 Å². The van der Waals surface area contributed by atoms with Gasteiger partial charge in [-0.25, -0.2) is 4.98 Å². The third-order valence-corrected chi connectivity index (χ3v) is 3.49.